The van der Waals surface area contributed by atoms with Crippen molar-refractivity contribution in [1.82, 2.24) is 20.1 Å². The molecule has 0 aliphatic heterocycles. The second-order valence-corrected chi connectivity index (χ2v) is 6.71. The lowest BCUT2D eigenvalue weighted by Crippen LogP contribution is -2.66. The molecule has 3 atom stereocenters. The van der Waals surface area contributed by atoms with Crippen LogP contribution in [0, 0.1) is 5.41 Å². The minimum absolute atomic E-state index is 0.394. The van der Waals surface area contributed by atoms with E-state index in [1.807, 2.05) is 4.68 Å². The quantitative estimate of drug-likeness (QED) is 0.874. The lowest BCUT2D eigenvalue weighted by atomic mass is 9.55. The molecule has 1 heterocycles. The van der Waals surface area contributed by atoms with Gasteiger partial charge in [-0.1, -0.05) is 19.3 Å². The van der Waals surface area contributed by atoms with Crippen molar-refractivity contribution >= 4 is 0 Å². The molecule has 0 bridgehead atoms. The summed E-state index contributed by atoms with van der Waals surface area (Å²) in [5, 5.41) is 8.03. The van der Waals surface area contributed by atoms with E-state index in [2.05, 4.69) is 29.2 Å². The second-order valence-electron chi connectivity index (χ2n) is 6.71. The van der Waals surface area contributed by atoms with Gasteiger partial charge in [-0.3, -0.25) is 4.68 Å². The van der Waals surface area contributed by atoms with Crippen LogP contribution in [0.25, 0.3) is 0 Å². The van der Waals surface area contributed by atoms with Crippen LogP contribution in [-0.4, -0.2) is 39.6 Å². The molecule has 0 radical (unpaired) electrons. The summed E-state index contributed by atoms with van der Waals surface area (Å²) in [7, 11) is 0. The van der Waals surface area contributed by atoms with Gasteiger partial charge < -0.3 is 10.1 Å². The third kappa shape index (κ3) is 2.99. The smallest absolute Gasteiger partial charge is 0.137 e. The van der Waals surface area contributed by atoms with Gasteiger partial charge in [-0.2, -0.15) is 5.10 Å². The van der Waals surface area contributed by atoms with Crippen molar-refractivity contribution in [2.75, 3.05) is 6.61 Å². The first-order valence-corrected chi connectivity index (χ1v) is 8.44. The van der Waals surface area contributed by atoms with E-state index in [9.17, 15) is 0 Å². The van der Waals surface area contributed by atoms with Gasteiger partial charge >= 0.3 is 0 Å². The zero-order chi connectivity index (χ0) is 14.7. The number of nitrogens with one attached hydrogen (secondary N) is 1. The van der Waals surface area contributed by atoms with Gasteiger partial charge in [-0.15, -0.1) is 0 Å². The maximum absolute atomic E-state index is 6.02. The average Bonchev–Trinajstić information content (AvgIpc) is 3.00. The summed E-state index contributed by atoms with van der Waals surface area (Å²) >= 11 is 0. The summed E-state index contributed by atoms with van der Waals surface area (Å²) in [5.41, 5.74) is 0.394. The molecule has 21 heavy (non-hydrogen) atoms. The fraction of sp³-hybridized carbons (Fsp3) is 0.875. The van der Waals surface area contributed by atoms with Gasteiger partial charge in [0.25, 0.3) is 0 Å². The van der Waals surface area contributed by atoms with Crippen molar-refractivity contribution in [3.63, 3.8) is 0 Å². The molecule has 5 heteroatoms. The van der Waals surface area contributed by atoms with Crippen LogP contribution < -0.4 is 5.32 Å². The van der Waals surface area contributed by atoms with Gasteiger partial charge in [-0.05, 0) is 33.1 Å². The molecule has 0 aromatic carbocycles. The minimum atomic E-state index is 0.394. The van der Waals surface area contributed by atoms with Crippen LogP contribution in [0.15, 0.2) is 12.7 Å². The molecule has 3 rings (SSSR count). The molecule has 1 N–H and O–H groups in total. The molecule has 2 fully saturated rings. The van der Waals surface area contributed by atoms with Crippen LogP contribution in [0.3, 0.4) is 0 Å². The standard InChI is InChI=1S/C16H28N4O/c1-3-21-15-9-14(16(15)7-5-4-6-8-16)19-13(2)10-20-12-17-11-18-20/h11-15,19H,3-10H2,1-2H3/t13-,14+,15-/m1/s1. The Morgan fingerprint density at radius 1 is 1.38 bits per heavy atom. The van der Waals surface area contributed by atoms with Crippen LogP contribution in [0.4, 0.5) is 0 Å². The Kier molecular flexibility index (Phi) is 4.60. The van der Waals surface area contributed by atoms with Gasteiger partial charge in [0.05, 0.1) is 12.6 Å². The van der Waals surface area contributed by atoms with E-state index in [1.165, 1.54) is 32.1 Å². The number of hydrogen-bond acceptors (Lipinski definition) is 4. The first kappa shape index (κ1) is 15.0. The number of aromatic nitrogens is 3. The van der Waals surface area contributed by atoms with E-state index >= 15 is 0 Å². The SMILES string of the molecule is CCO[C@@H]1C[C@H](N[C@H](C)Cn2cncn2)C12CCCCC2. The first-order chi connectivity index (χ1) is 10.2. The van der Waals surface area contributed by atoms with Gasteiger partial charge in [0.1, 0.15) is 12.7 Å². The lowest BCUT2D eigenvalue weighted by molar-refractivity contribution is -0.152. The Balaban J connectivity index is 1.59. The maximum Gasteiger partial charge on any atom is 0.137 e. The van der Waals surface area contributed by atoms with Crippen molar-refractivity contribution in [2.45, 2.75) is 77.1 Å². The Labute approximate surface area is 127 Å². The molecule has 0 saturated heterocycles. The van der Waals surface area contributed by atoms with E-state index in [4.69, 9.17) is 4.74 Å². The molecule has 0 unspecified atom stereocenters. The van der Waals surface area contributed by atoms with Crippen molar-refractivity contribution in [3.8, 4) is 0 Å². The van der Waals surface area contributed by atoms with Crippen LogP contribution in [0.5, 0.6) is 0 Å². The third-order valence-electron chi connectivity index (χ3n) is 5.35. The van der Waals surface area contributed by atoms with Crippen molar-refractivity contribution in [1.29, 1.82) is 0 Å². The second kappa shape index (κ2) is 6.44. The van der Waals surface area contributed by atoms with Crippen molar-refractivity contribution in [2.24, 2.45) is 5.41 Å². The fourth-order valence-electron chi connectivity index (χ4n) is 4.30. The molecule has 118 valence electrons. The molecule has 1 aromatic heterocycles. The average molecular weight is 292 g/mol. The predicted octanol–water partition coefficient (Wildman–Crippen LogP) is 2.38. The highest BCUT2D eigenvalue weighted by molar-refractivity contribution is 5.09. The normalized spacial score (nSPS) is 29.2. The monoisotopic (exact) mass is 292 g/mol. The molecule has 2 saturated carbocycles. The Bertz CT molecular complexity index is 427. The summed E-state index contributed by atoms with van der Waals surface area (Å²) in [6.07, 6.45) is 11.8. The predicted molar refractivity (Wildman–Crippen MR) is 82.0 cm³/mol. The fourth-order valence-corrected chi connectivity index (χ4v) is 4.30. The summed E-state index contributed by atoms with van der Waals surface area (Å²) in [6.45, 7) is 6.08. The van der Waals surface area contributed by atoms with Gasteiger partial charge in [0, 0.05) is 24.1 Å². The molecular formula is C16H28N4O. The maximum atomic E-state index is 6.02. The summed E-state index contributed by atoms with van der Waals surface area (Å²) in [6, 6.07) is 1.02. The van der Waals surface area contributed by atoms with Crippen LogP contribution in [0.1, 0.15) is 52.4 Å². The Morgan fingerprint density at radius 3 is 2.86 bits per heavy atom. The highest BCUT2D eigenvalue weighted by Crippen LogP contribution is 2.53. The summed E-state index contributed by atoms with van der Waals surface area (Å²) < 4.78 is 7.93. The number of hydrogen-bond donors (Lipinski definition) is 1. The van der Waals surface area contributed by atoms with Crippen LogP contribution >= 0.6 is 0 Å². The first-order valence-electron chi connectivity index (χ1n) is 8.44. The molecule has 2 aliphatic carbocycles. The van der Waals surface area contributed by atoms with Gasteiger partial charge in [0.15, 0.2) is 0 Å². The minimum Gasteiger partial charge on any atom is -0.378 e. The topological polar surface area (TPSA) is 52.0 Å². The highest BCUT2D eigenvalue weighted by Gasteiger charge is 2.55. The third-order valence-corrected chi connectivity index (χ3v) is 5.35. The number of rotatable bonds is 6. The molecule has 0 amide bonds. The zero-order valence-electron chi connectivity index (χ0n) is 13.3. The van der Waals surface area contributed by atoms with Gasteiger partial charge in [-0.25, -0.2) is 4.98 Å². The van der Waals surface area contributed by atoms with Gasteiger partial charge in [0.2, 0.25) is 0 Å². The van der Waals surface area contributed by atoms with E-state index in [-0.39, 0.29) is 0 Å². The Hall–Kier alpha value is -0.940. The Morgan fingerprint density at radius 2 is 2.19 bits per heavy atom. The van der Waals surface area contributed by atoms with Crippen LogP contribution in [-0.2, 0) is 11.3 Å². The van der Waals surface area contributed by atoms with Crippen molar-refractivity contribution < 1.29 is 4.74 Å². The van der Waals surface area contributed by atoms with E-state index in [0.717, 1.165) is 19.6 Å². The lowest BCUT2D eigenvalue weighted by Gasteiger charge is -2.58. The summed E-state index contributed by atoms with van der Waals surface area (Å²) in [4.78, 5) is 4.01. The van der Waals surface area contributed by atoms with E-state index in [0.29, 0.717) is 23.6 Å². The number of ether oxygens (including phenoxy) is 1. The summed E-state index contributed by atoms with van der Waals surface area (Å²) in [5.74, 6) is 0. The highest BCUT2D eigenvalue weighted by atomic mass is 16.5. The van der Waals surface area contributed by atoms with E-state index in [1.54, 1.807) is 12.7 Å². The molecule has 1 spiro atoms. The zero-order valence-corrected chi connectivity index (χ0v) is 13.3. The number of nitrogens with zero attached hydrogens (tertiary/aromatic N) is 3. The molecule has 1 aromatic rings. The van der Waals surface area contributed by atoms with Crippen LogP contribution in [0.2, 0.25) is 0 Å². The van der Waals surface area contributed by atoms with Crippen molar-refractivity contribution in [3.05, 3.63) is 12.7 Å². The molecule has 5 nitrogen and oxygen atoms in total. The largest absolute Gasteiger partial charge is 0.378 e. The molecular weight excluding hydrogens is 264 g/mol. The van der Waals surface area contributed by atoms with E-state index < -0.39 is 0 Å². The molecule has 2 aliphatic rings.